The molecular formula is C24H22N2O3S3. The third-order valence-corrected chi connectivity index (χ3v) is 8.62. The minimum atomic E-state index is -3.42. The van der Waals surface area contributed by atoms with E-state index < -0.39 is 9.84 Å². The zero-order valence-electron chi connectivity index (χ0n) is 17.7. The number of hydrogen-bond donors (Lipinski definition) is 0. The standard InChI is InChI=1S/C24H22N2O3S3/c1-3-32(28,29)19-12-7-11-18(15-19)23(27)26(16-17-9-5-4-6-10-17)24-25-22-20(30-2)13-8-14-21(22)31-24/h4-15H,3,16H2,1-2H3. The van der Waals surface area contributed by atoms with E-state index in [4.69, 9.17) is 4.98 Å². The van der Waals surface area contributed by atoms with Gasteiger partial charge in [-0.05, 0) is 42.2 Å². The molecule has 5 nitrogen and oxygen atoms in total. The van der Waals surface area contributed by atoms with Crippen LogP contribution in [0.25, 0.3) is 10.2 Å². The quantitative estimate of drug-likeness (QED) is 0.318. The van der Waals surface area contributed by atoms with E-state index >= 15 is 0 Å². The highest BCUT2D eigenvalue weighted by atomic mass is 32.2. The van der Waals surface area contributed by atoms with Gasteiger partial charge in [0.25, 0.3) is 5.91 Å². The molecule has 0 aliphatic rings. The fourth-order valence-corrected chi connectivity index (χ4v) is 5.87. The molecule has 0 spiro atoms. The molecule has 0 aliphatic carbocycles. The van der Waals surface area contributed by atoms with Crippen LogP contribution in [-0.2, 0) is 16.4 Å². The molecule has 0 bridgehead atoms. The molecule has 0 aliphatic heterocycles. The van der Waals surface area contributed by atoms with Gasteiger partial charge in [0, 0.05) is 10.5 Å². The van der Waals surface area contributed by atoms with Gasteiger partial charge in [-0.25, -0.2) is 13.4 Å². The summed E-state index contributed by atoms with van der Waals surface area (Å²) in [5, 5.41) is 0.583. The first-order valence-electron chi connectivity index (χ1n) is 10.0. The third-order valence-electron chi connectivity index (χ3n) is 5.07. The fraction of sp³-hybridized carbons (Fsp3) is 0.167. The maximum absolute atomic E-state index is 13.6. The van der Waals surface area contributed by atoms with Crippen LogP contribution in [-0.4, -0.2) is 31.3 Å². The van der Waals surface area contributed by atoms with Gasteiger partial charge in [0.1, 0.15) is 0 Å². The molecule has 0 unspecified atom stereocenters. The van der Waals surface area contributed by atoms with Gasteiger partial charge < -0.3 is 0 Å². The maximum Gasteiger partial charge on any atom is 0.260 e. The zero-order valence-corrected chi connectivity index (χ0v) is 20.1. The van der Waals surface area contributed by atoms with E-state index in [1.54, 1.807) is 35.7 Å². The van der Waals surface area contributed by atoms with Crippen LogP contribution in [0.2, 0.25) is 0 Å². The Morgan fingerprint density at radius 3 is 2.50 bits per heavy atom. The Morgan fingerprint density at radius 2 is 1.78 bits per heavy atom. The van der Waals surface area contributed by atoms with Gasteiger partial charge in [0.05, 0.1) is 27.4 Å². The van der Waals surface area contributed by atoms with Crippen LogP contribution < -0.4 is 4.90 Å². The van der Waals surface area contributed by atoms with Crippen molar-refractivity contribution in [2.75, 3.05) is 16.9 Å². The molecule has 1 amide bonds. The summed E-state index contributed by atoms with van der Waals surface area (Å²) in [5.41, 5.74) is 2.15. The molecule has 0 fully saturated rings. The monoisotopic (exact) mass is 482 g/mol. The smallest absolute Gasteiger partial charge is 0.260 e. The molecule has 164 valence electrons. The van der Waals surface area contributed by atoms with E-state index in [1.807, 2.05) is 54.8 Å². The average Bonchev–Trinajstić information content (AvgIpc) is 3.27. The maximum atomic E-state index is 13.6. The number of nitrogens with zero attached hydrogens (tertiary/aromatic N) is 2. The van der Waals surface area contributed by atoms with Crippen molar-refractivity contribution in [3.05, 3.63) is 83.9 Å². The highest BCUT2D eigenvalue weighted by molar-refractivity contribution is 7.98. The molecule has 0 saturated carbocycles. The van der Waals surface area contributed by atoms with Crippen molar-refractivity contribution in [3.63, 3.8) is 0 Å². The zero-order chi connectivity index (χ0) is 22.7. The molecule has 8 heteroatoms. The van der Waals surface area contributed by atoms with Gasteiger partial charge in [-0.3, -0.25) is 9.69 Å². The van der Waals surface area contributed by atoms with Crippen molar-refractivity contribution in [2.24, 2.45) is 0 Å². The second-order valence-corrected chi connectivity index (χ2v) is 11.2. The number of hydrogen-bond acceptors (Lipinski definition) is 6. The fourth-order valence-electron chi connectivity index (χ4n) is 3.33. The van der Waals surface area contributed by atoms with E-state index in [-0.39, 0.29) is 16.6 Å². The average molecular weight is 483 g/mol. The number of sulfone groups is 1. The van der Waals surface area contributed by atoms with Crippen LogP contribution in [0.5, 0.6) is 0 Å². The van der Waals surface area contributed by atoms with Crippen molar-refractivity contribution in [2.45, 2.75) is 23.3 Å². The van der Waals surface area contributed by atoms with Crippen LogP contribution in [0.15, 0.2) is 82.6 Å². The number of carbonyl (C=O) groups excluding carboxylic acids is 1. The number of carbonyl (C=O) groups is 1. The Balaban J connectivity index is 1.80. The Bertz CT molecular complexity index is 1370. The Labute approximate surface area is 196 Å². The molecule has 0 radical (unpaired) electrons. The Morgan fingerprint density at radius 1 is 1.03 bits per heavy atom. The summed E-state index contributed by atoms with van der Waals surface area (Å²) in [6.45, 7) is 1.93. The normalized spacial score (nSPS) is 11.6. The predicted octanol–water partition coefficient (Wildman–Crippen LogP) is 5.66. The second-order valence-electron chi connectivity index (χ2n) is 7.11. The summed E-state index contributed by atoms with van der Waals surface area (Å²) in [5.74, 6) is -0.306. The molecule has 0 saturated heterocycles. The molecular weight excluding hydrogens is 460 g/mol. The molecule has 0 N–H and O–H groups in total. The number of thioether (sulfide) groups is 1. The number of benzene rings is 3. The lowest BCUT2D eigenvalue weighted by Gasteiger charge is -2.20. The van der Waals surface area contributed by atoms with E-state index in [2.05, 4.69) is 0 Å². The van der Waals surface area contributed by atoms with Crippen LogP contribution >= 0.6 is 23.1 Å². The lowest BCUT2D eigenvalue weighted by Crippen LogP contribution is -2.30. The van der Waals surface area contributed by atoms with Gasteiger partial charge in [-0.15, -0.1) is 11.8 Å². The highest BCUT2D eigenvalue weighted by Gasteiger charge is 2.24. The summed E-state index contributed by atoms with van der Waals surface area (Å²) in [7, 11) is -3.42. The number of rotatable bonds is 7. The first-order chi connectivity index (χ1) is 15.4. The van der Waals surface area contributed by atoms with Crippen molar-refractivity contribution < 1.29 is 13.2 Å². The van der Waals surface area contributed by atoms with Crippen LogP contribution in [0, 0.1) is 0 Å². The van der Waals surface area contributed by atoms with Gasteiger partial charge in [-0.1, -0.05) is 60.7 Å². The number of para-hydroxylation sites is 1. The summed E-state index contributed by atoms with van der Waals surface area (Å²) in [6.07, 6.45) is 2.00. The van der Waals surface area contributed by atoms with Crippen molar-refractivity contribution >= 4 is 54.2 Å². The molecule has 4 aromatic rings. The number of fused-ring (bicyclic) bond motifs is 1. The van der Waals surface area contributed by atoms with Crippen LogP contribution in [0.1, 0.15) is 22.8 Å². The molecule has 32 heavy (non-hydrogen) atoms. The van der Waals surface area contributed by atoms with Crippen LogP contribution in [0.3, 0.4) is 0 Å². The van der Waals surface area contributed by atoms with E-state index in [0.29, 0.717) is 17.2 Å². The molecule has 3 aromatic carbocycles. The largest absolute Gasteiger partial charge is 0.279 e. The van der Waals surface area contributed by atoms with Crippen LogP contribution in [0.4, 0.5) is 5.13 Å². The first-order valence-corrected chi connectivity index (χ1v) is 13.7. The SMILES string of the molecule is CCS(=O)(=O)c1cccc(C(=O)N(Cc2ccccc2)c2nc3c(SC)cccc3s2)c1. The lowest BCUT2D eigenvalue weighted by atomic mass is 10.1. The minimum absolute atomic E-state index is 0.0201. The summed E-state index contributed by atoms with van der Waals surface area (Å²) in [4.78, 5) is 21.3. The van der Waals surface area contributed by atoms with Gasteiger partial charge in [0.2, 0.25) is 0 Å². The van der Waals surface area contributed by atoms with Gasteiger partial charge in [-0.2, -0.15) is 0 Å². The van der Waals surface area contributed by atoms with E-state index in [9.17, 15) is 13.2 Å². The minimum Gasteiger partial charge on any atom is -0.279 e. The first kappa shape index (κ1) is 22.5. The van der Waals surface area contributed by atoms with Crippen molar-refractivity contribution in [1.82, 2.24) is 4.98 Å². The summed E-state index contributed by atoms with van der Waals surface area (Å²) < 4.78 is 25.7. The predicted molar refractivity (Wildman–Crippen MR) is 133 cm³/mol. The molecule has 1 aromatic heterocycles. The number of thiazole rings is 1. The highest BCUT2D eigenvalue weighted by Crippen LogP contribution is 2.35. The summed E-state index contributed by atoms with van der Waals surface area (Å²) in [6, 6.07) is 21.9. The molecule has 4 rings (SSSR count). The summed E-state index contributed by atoms with van der Waals surface area (Å²) >= 11 is 3.07. The van der Waals surface area contributed by atoms with Gasteiger partial charge >= 0.3 is 0 Å². The Kier molecular flexibility index (Phi) is 6.64. The number of amides is 1. The lowest BCUT2D eigenvalue weighted by molar-refractivity contribution is 0.0985. The van der Waals surface area contributed by atoms with Crippen molar-refractivity contribution in [3.8, 4) is 0 Å². The van der Waals surface area contributed by atoms with E-state index in [1.165, 1.54) is 23.5 Å². The topological polar surface area (TPSA) is 67.3 Å². The Hall–Kier alpha value is -2.68. The number of aromatic nitrogens is 1. The van der Waals surface area contributed by atoms with E-state index in [0.717, 1.165) is 20.7 Å². The molecule has 1 heterocycles. The number of anilines is 1. The third kappa shape index (κ3) is 4.57. The second kappa shape index (κ2) is 9.44. The van der Waals surface area contributed by atoms with Crippen molar-refractivity contribution in [1.29, 1.82) is 0 Å². The molecule has 0 atom stereocenters. The van der Waals surface area contributed by atoms with Gasteiger partial charge in [0.15, 0.2) is 15.0 Å².